The Bertz CT molecular complexity index is 1920. The Morgan fingerprint density at radius 3 is 1.57 bits per heavy atom. The van der Waals surface area contributed by atoms with Gasteiger partial charge in [0, 0.05) is 17.1 Å². The summed E-state index contributed by atoms with van der Waals surface area (Å²) in [4.78, 5) is 2.38. The standard InChI is InChI=1S/C43H41N/c1-5-43(4,6-2)39-21-15-38-29-42(26-20-37(38)28-39)44(40-22-16-32(17-23-40)31-9-7-30(3)8-10-31)41-24-18-34(19-25-41)36-14-12-33-11-13-35(33)27-36/h7-10,12,14-29H,5-6,11,13H2,1-4H3. The number of hydrogen-bond donors (Lipinski definition) is 0. The van der Waals surface area contributed by atoms with Crippen LogP contribution in [0.25, 0.3) is 33.0 Å². The van der Waals surface area contributed by atoms with Gasteiger partial charge in [-0.25, -0.2) is 0 Å². The average Bonchev–Trinajstić information content (AvgIpc) is 3.06. The van der Waals surface area contributed by atoms with Crippen molar-refractivity contribution in [3.8, 4) is 22.3 Å². The summed E-state index contributed by atoms with van der Waals surface area (Å²) in [7, 11) is 0. The minimum Gasteiger partial charge on any atom is -0.310 e. The van der Waals surface area contributed by atoms with Gasteiger partial charge in [0.25, 0.3) is 0 Å². The van der Waals surface area contributed by atoms with Crippen molar-refractivity contribution in [2.45, 2.75) is 58.8 Å². The van der Waals surface area contributed by atoms with E-state index in [2.05, 4.69) is 160 Å². The van der Waals surface area contributed by atoms with E-state index in [1.807, 2.05) is 0 Å². The molecule has 0 radical (unpaired) electrons. The zero-order valence-electron chi connectivity index (χ0n) is 26.4. The number of rotatable bonds is 8. The van der Waals surface area contributed by atoms with Crippen LogP contribution in [0.4, 0.5) is 17.1 Å². The monoisotopic (exact) mass is 571 g/mol. The Kier molecular flexibility index (Phi) is 7.34. The Hall–Kier alpha value is -4.62. The van der Waals surface area contributed by atoms with E-state index >= 15 is 0 Å². The van der Waals surface area contributed by atoms with Gasteiger partial charge in [-0.2, -0.15) is 0 Å². The number of aryl methyl sites for hydroxylation is 3. The van der Waals surface area contributed by atoms with Crippen molar-refractivity contribution in [1.82, 2.24) is 0 Å². The number of hydrogen-bond acceptors (Lipinski definition) is 1. The van der Waals surface area contributed by atoms with Crippen molar-refractivity contribution in [2.24, 2.45) is 0 Å². The third-order valence-corrected chi connectivity index (χ3v) is 10.2. The van der Waals surface area contributed by atoms with Crippen LogP contribution in [0.15, 0.2) is 127 Å². The second kappa shape index (κ2) is 11.5. The van der Waals surface area contributed by atoms with Gasteiger partial charge in [0.15, 0.2) is 0 Å². The first kappa shape index (κ1) is 28.2. The van der Waals surface area contributed by atoms with E-state index < -0.39 is 0 Å². The lowest BCUT2D eigenvalue weighted by Gasteiger charge is -2.28. The fourth-order valence-electron chi connectivity index (χ4n) is 6.58. The van der Waals surface area contributed by atoms with Gasteiger partial charge in [-0.05, 0) is 124 Å². The van der Waals surface area contributed by atoms with Gasteiger partial charge in [-0.1, -0.05) is 117 Å². The summed E-state index contributed by atoms with van der Waals surface area (Å²) in [6.07, 6.45) is 4.70. The molecule has 218 valence electrons. The lowest BCUT2D eigenvalue weighted by Crippen LogP contribution is -2.19. The van der Waals surface area contributed by atoms with E-state index in [0.717, 1.165) is 29.9 Å². The van der Waals surface area contributed by atoms with Crippen LogP contribution < -0.4 is 4.90 Å². The van der Waals surface area contributed by atoms with Gasteiger partial charge < -0.3 is 4.90 Å². The summed E-state index contributed by atoms with van der Waals surface area (Å²) in [5.41, 5.74) is 14.4. The van der Waals surface area contributed by atoms with Crippen molar-refractivity contribution < 1.29 is 0 Å². The molecular formula is C43H41N. The molecule has 44 heavy (non-hydrogen) atoms. The van der Waals surface area contributed by atoms with Crippen LogP contribution in [0.2, 0.25) is 0 Å². The molecule has 0 N–H and O–H groups in total. The smallest absolute Gasteiger partial charge is 0.0468 e. The lowest BCUT2D eigenvalue weighted by molar-refractivity contribution is 0.439. The maximum atomic E-state index is 2.40. The van der Waals surface area contributed by atoms with E-state index in [1.54, 1.807) is 0 Å². The number of benzene rings is 6. The predicted octanol–water partition coefficient (Wildman–Crippen LogP) is 12.1. The summed E-state index contributed by atoms with van der Waals surface area (Å²) in [5.74, 6) is 0. The summed E-state index contributed by atoms with van der Waals surface area (Å²) < 4.78 is 0. The normalized spacial score (nSPS) is 12.5. The topological polar surface area (TPSA) is 3.24 Å². The summed E-state index contributed by atoms with van der Waals surface area (Å²) in [6, 6.07) is 47.7. The van der Waals surface area contributed by atoms with Crippen molar-refractivity contribution in [3.63, 3.8) is 0 Å². The predicted molar refractivity (Wildman–Crippen MR) is 190 cm³/mol. The van der Waals surface area contributed by atoms with Crippen LogP contribution in [0, 0.1) is 6.92 Å². The van der Waals surface area contributed by atoms with Gasteiger partial charge in [-0.15, -0.1) is 0 Å². The van der Waals surface area contributed by atoms with Crippen LogP contribution >= 0.6 is 0 Å². The number of fused-ring (bicyclic) bond motifs is 2. The highest BCUT2D eigenvalue weighted by atomic mass is 15.1. The molecule has 0 aromatic heterocycles. The van der Waals surface area contributed by atoms with Crippen molar-refractivity contribution in [2.75, 3.05) is 4.90 Å². The molecule has 0 aliphatic heterocycles. The molecule has 1 nitrogen and oxygen atoms in total. The molecule has 6 aromatic rings. The molecule has 0 unspecified atom stereocenters. The van der Waals surface area contributed by atoms with E-state index in [-0.39, 0.29) is 5.41 Å². The third-order valence-electron chi connectivity index (χ3n) is 10.2. The first-order chi connectivity index (χ1) is 21.4. The molecule has 1 heteroatoms. The molecule has 1 aliphatic carbocycles. The first-order valence-electron chi connectivity index (χ1n) is 16.2. The highest BCUT2D eigenvalue weighted by Gasteiger charge is 2.22. The molecule has 0 bridgehead atoms. The molecule has 1 aliphatic rings. The van der Waals surface area contributed by atoms with Gasteiger partial charge in [0.1, 0.15) is 0 Å². The van der Waals surface area contributed by atoms with E-state index in [1.165, 1.54) is 68.1 Å². The molecule has 0 fully saturated rings. The molecule has 0 saturated heterocycles. The Morgan fingerprint density at radius 2 is 1.00 bits per heavy atom. The summed E-state index contributed by atoms with van der Waals surface area (Å²) in [6.45, 7) is 9.12. The van der Waals surface area contributed by atoms with Crippen LogP contribution in [-0.2, 0) is 18.3 Å². The van der Waals surface area contributed by atoms with Crippen LogP contribution in [-0.4, -0.2) is 0 Å². The largest absolute Gasteiger partial charge is 0.310 e. The Labute approximate surface area is 262 Å². The van der Waals surface area contributed by atoms with Gasteiger partial charge in [-0.3, -0.25) is 0 Å². The second-order valence-electron chi connectivity index (χ2n) is 12.8. The minimum absolute atomic E-state index is 0.208. The molecule has 0 atom stereocenters. The van der Waals surface area contributed by atoms with Gasteiger partial charge in [0.2, 0.25) is 0 Å². The van der Waals surface area contributed by atoms with Crippen molar-refractivity contribution in [1.29, 1.82) is 0 Å². The van der Waals surface area contributed by atoms with E-state index in [4.69, 9.17) is 0 Å². The molecule has 0 amide bonds. The molecule has 0 saturated carbocycles. The van der Waals surface area contributed by atoms with Gasteiger partial charge in [0.05, 0.1) is 0 Å². The van der Waals surface area contributed by atoms with Crippen molar-refractivity contribution in [3.05, 3.63) is 150 Å². The van der Waals surface area contributed by atoms with Crippen LogP contribution in [0.5, 0.6) is 0 Å². The molecule has 0 spiro atoms. The fourth-order valence-corrected chi connectivity index (χ4v) is 6.58. The Balaban J connectivity index is 1.28. The van der Waals surface area contributed by atoms with Crippen molar-refractivity contribution >= 4 is 27.8 Å². The zero-order chi connectivity index (χ0) is 30.3. The summed E-state index contributed by atoms with van der Waals surface area (Å²) >= 11 is 0. The third kappa shape index (κ3) is 5.22. The fraction of sp³-hybridized carbons (Fsp3) is 0.209. The molecule has 7 rings (SSSR count). The quantitative estimate of drug-likeness (QED) is 0.176. The second-order valence-corrected chi connectivity index (χ2v) is 12.8. The van der Waals surface area contributed by atoms with E-state index in [0.29, 0.717) is 0 Å². The lowest BCUT2D eigenvalue weighted by atomic mass is 9.77. The zero-order valence-corrected chi connectivity index (χ0v) is 26.4. The SMILES string of the molecule is CCC(C)(CC)c1ccc2cc(N(c3ccc(-c4ccc(C)cc4)cc3)c3ccc(-c4ccc5c(c4)CC5)cc3)ccc2c1. The van der Waals surface area contributed by atoms with Gasteiger partial charge >= 0.3 is 0 Å². The maximum absolute atomic E-state index is 2.40. The average molecular weight is 572 g/mol. The number of nitrogens with zero attached hydrogens (tertiary/aromatic N) is 1. The highest BCUT2D eigenvalue weighted by Crippen LogP contribution is 2.40. The van der Waals surface area contributed by atoms with Crippen LogP contribution in [0.1, 0.15) is 55.9 Å². The Morgan fingerprint density at radius 1 is 0.500 bits per heavy atom. The molecule has 0 heterocycles. The first-order valence-corrected chi connectivity index (χ1v) is 16.2. The number of anilines is 3. The van der Waals surface area contributed by atoms with Crippen LogP contribution in [0.3, 0.4) is 0 Å². The highest BCUT2D eigenvalue weighted by molar-refractivity contribution is 5.90. The summed E-state index contributed by atoms with van der Waals surface area (Å²) in [5, 5.41) is 2.56. The molecule has 6 aromatic carbocycles. The maximum Gasteiger partial charge on any atom is 0.0468 e. The minimum atomic E-state index is 0.208. The van der Waals surface area contributed by atoms with E-state index in [9.17, 15) is 0 Å². The molecular weight excluding hydrogens is 530 g/mol.